The summed E-state index contributed by atoms with van der Waals surface area (Å²) in [6.07, 6.45) is 0.168. The predicted molar refractivity (Wildman–Crippen MR) is 104 cm³/mol. The molecule has 0 saturated carbocycles. The zero-order valence-corrected chi connectivity index (χ0v) is 16.0. The molecule has 0 bridgehead atoms. The average Bonchev–Trinajstić information content (AvgIpc) is 3.02. The normalized spacial score (nSPS) is 17.3. The van der Waals surface area contributed by atoms with Gasteiger partial charge < -0.3 is 10.2 Å². The van der Waals surface area contributed by atoms with Crippen LogP contribution < -0.4 is 10.2 Å². The summed E-state index contributed by atoms with van der Waals surface area (Å²) >= 11 is 0. The number of benzene rings is 2. The van der Waals surface area contributed by atoms with Crippen molar-refractivity contribution in [2.45, 2.75) is 39.2 Å². The maximum Gasteiger partial charge on any atom is 0.227 e. The first-order valence-electron chi connectivity index (χ1n) is 9.18. The van der Waals surface area contributed by atoms with Gasteiger partial charge in [-0.05, 0) is 23.1 Å². The smallest absolute Gasteiger partial charge is 0.227 e. The van der Waals surface area contributed by atoms with E-state index in [1.54, 1.807) is 23.1 Å². The van der Waals surface area contributed by atoms with Crippen LogP contribution in [-0.4, -0.2) is 18.4 Å². The molecule has 1 aliphatic rings. The van der Waals surface area contributed by atoms with E-state index in [0.717, 1.165) is 11.3 Å². The monoisotopic (exact) mass is 368 g/mol. The Bertz CT molecular complexity index is 857. The van der Waals surface area contributed by atoms with Crippen LogP contribution in [0.5, 0.6) is 0 Å². The fourth-order valence-corrected chi connectivity index (χ4v) is 3.43. The lowest BCUT2D eigenvalue weighted by Crippen LogP contribution is -2.33. The van der Waals surface area contributed by atoms with Gasteiger partial charge in [0, 0.05) is 30.8 Å². The van der Waals surface area contributed by atoms with E-state index < -0.39 is 5.92 Å². The minimum absolute atomic E-state index is 0.0576. The summed E-state index contributed by atoms with van der Waals surface area (Å²) in [5, 5.41) is 2.76. The Hall–Kier alpha value is -2.69. The Balaban J connectivity index is 1.71. The molecule has 1 fully saturated rings. The molecule has 0 spiro atoms. The van der Waals surface area contributed by atoms with Gasteiger partial charge in [0.25, 0.3) is 0 Å². The lowest BCUT2D eigenvalue weighted by atomic mass is 9.85. The first-order valence-corrected chi connectivity index (χ1v) is 9.18. The maximum atomic E-state index is 13.7. The van der Waals surface area contributed by atoms with Gasteiger partial charge in [-0.15, -0.1) is 0 Å². The van der Waals surface area contributed by atoms with Gasteiger partial charge in [-0.3, -0.25) is 9.59 Å². The van der Waals surface area contributed by atoms with Gasteiger partial charge in [-0.25, -0.2) is 4.39 Å². The topological polar surface area (TPSA) is 49.4 Å². The molecule has 1 heterocycles. The maximum absolute atomic E-state index is 13.7. The van der Waals surface area contributed by atoms with Crippen LogP contribution in [0.2, 0.25) is 0 Å². The molecule has 3 rings (SSSR count). The molecule has 1 saturated heterocycles. The number of rotatable bonds is 4. The number of carbonyl (C=O) groups excluding carboxylic acids is 2. The van der Waals surface area contributed by atoms with Gasteiger partial charge in [0.1, 0.15) is 5.82 Å². The summed E-state index contributed by atoms with van der Waals surface area (Å²) in [6.45, 7) is 6.77. The first kappa shape index (κ1) is 19.1. The first-order chi connectivity index (χ1) is 12.8. The van der Waals surface area contributed by atoms with Crippen molar-refractivity contribution in [2.24, 2.45) is 5.92 Å². The van der Waals surface area contributed by atoms with Gasteiger partial charge in [0.2, 0.25) is 11.8 Å². The van der Waals surface area contributed by atoms with Crippen LogP contribution in [-0.2, 0) is 21.5 Å². The second kappa shape index (κ2) is 7.51. The second-order valence-electron chi connectivity index (χ2n) is 7.98. The summed E-state index contributed by atoms with van der Waals surface area (Å²) < 4.78 is 13.7. The lowest BCUT2D eigenvalue weighted by Gasteiger charge is -2.27. The molecular formula is C22H25FN2O2. The van der Waals surface area contributed by atoms with Gasteiger partial charge in [0.15, 0.2) is 0 Å². The molecule has 1 N–H and O–H groups in total. The minimum atomic E-state index is -0.433. The molecule has 2 aromatic rings. The largest absolute Gasteiger partial charge is 0.352 e. The van der Waals surface area contributed by atoms with E-state index in [2.05, 4.69) is 26.1 Å². The Morgan fingerprint density at radius 2 is 1.81 bits per heavy atom. The fourth-order valence-electron chi connectivity index (χ4n) is 3.43. The molecule has 1 atom stereocenters. The van der Waals surface area contributed by atoms with Crippen molar-refractivity contribution >= 4 is 17.5 Å². The molecule has 2 amide bonds. The molecule has 2 aromatic carbocycles. The Labute approximate surface area is 159 Å². The van der Waals surface area contributed by atoms with Crippen LogP contribution in [0, 0.1) is 11.7 Å². The van der Waals surface area contributed by atoms with Crippen molar-refractivity contribution in [1.29, 1.82) is 0 Å². The molecule has 1 unspecified atom stereocenters. The fraction of sp³-hybridized carbons (Fsp3) is 0.364. The highest BCUT2D eigenvalue weighted by molar-refractivity contribution is 6.01. The summed E-state index contributed by atoms with van der Waals surface area (Å²) in [4.78, 5) is 26.8. The van der Waals surface area contributed by atoms with Gasteiger partial charge >= 0.3 is 0 Å². The zero-order valence-electron chi connectivity index (χ0n) is 16.0. The third kappa shape index (κ3) is 4.18. The summed E-state index contributed by atoms with van der Waals surface area (Å²) in [7, 11) is 0. The number of hydrogen-bond donors (Lipinski definition) is 1. The third-order valence-electron chi connectivity index (χ3n) is 4.91. The predicted octanol–water partition coefficient (Wildman–Crippen LogP) is 3.79. The standard InChI is InChI=1S/C22H25FN2O2/c1-22(2,3)17-9-5-7-11-19(17)25-14-16(12-20(25)26)21(27)24-13-15-8-4-6-10-18(15)23/h4-11,16H,12-14H2,1-3H3,(H,24,27). The van der Waals surface area contributed by atoms with Crippen molar-refractivity contribution in [3.63, 3.8) is 0 Å². The number of anilines is 1. The molecule has 27 heavy (non-hydrogen) atoms. The molecule has 0 aliphatic carbocycles. The van der Waals surface area contributed by atoms with Crippen LogP contribution in [0.4, 0.5) is 10.1 Å². The minimum Gasteiger partial charge on any atom is -0.352 e. The summed E-state index contributed by atoms with van der Waals surface area (Å²) in [5.41, 5.74) is 2.26. The Kier molecular flexibility index (Phi) is 5.31. The van der Waals surface area contributed by atoms with E-state index in [4.69, 9.17) is 0 Å². The van der Waals surface area contributed by atoms with Crippen LogP contribution in [0.3, 0.4) is 0 Å². The third-order valence-corrected chi connectivity index (χ3v) is 4.91. The molecular weight excluding hydrogens is 343 g/mol. The van der Waals surface area contributed by atoms with Crippen molar-refractivity contribution < 1.29 is 14.0 Å². The number of nitrogens with one attached hydrogen (secondary N) is 1. The van der Waals surface area contributed by atoms with Crippen LogP contribution in [0.15, 0.2) is 48.5 Å². The summed E-state index contributed by atoms with van der Waals surface area (Å²) in [6, 6.07) is 14.2. The Morgan fingerprint density at radius 1 is 1.15 bits per heavy atom. The zero-order chi connectivity index (χ0) is 19.6. The number of halogens is 1. The van der Waals surface area contributed by atoms with E-state index in [1.165, 1.54) is 6.07 Å². The highest BCUT2D eigenvalue weighted by atomic mass is 19.1. The SMILES string of the molecule is CC(C)(C)c1ccccc1N1CC(C(=O)NCc2ccccc2F)CC1=O. The van der Waals surface area contributed by atoms with Crippen molar-refractivity contribution in [2.75, 3.05) is 11.4 Å². The highest BCUT2D eigenvalue weighted by Crippen LogP contribution is 2.35. The van der Waals surface area contributed by atoms with Gasteiger partial charge in [-0.2, -0.15) is 0 Å². The van der Waals surface area contributed by atoms with Gasteiger partial charge in [-0.1, -0.05) is 57.2 Å². The van der Waals surface area contributed by atoms with Crippen LogP contribution >= 0.6 is 0 Å². The molecule has 0 radical (unpaired) electrons. The lowest BCUT2D eigenvalue weighted by molar-refractivity contribution is -0.126. The molecule has 1 aliphatic heterocycles. The number of para-hydroxylation sites is 1. The summed E-state index contributed by atoms with van der Waals surface area (Å²) in [5.74, 6) is -1.06. The van der Waals surface area contributed by atoms with Crippen molar-refractivity contribution in [1.82, 2.24) is 5.32 Å². The highest BCUT2D eigenvalue weighted by Gasteiger charge is 2.36. The molecule has 4 nitrogen and oxygen atoms in total. The van der Waals surface area contributed by atoms with Gasteiger partial charge in [0.05, 0.1) is 5.92 Å². The second-order valence-corrected chi connectivity index (χ2v) is 7.98. The number of amides is 2. The van der Waals surface area contributed by atoms with Crippen molar-refractivity contribution in [3.8, 4) is 0 Å². The van der Waals surface area contributed by atoms with E-state index >= 15 is 0 Å². The number of nitrogens with zero attached hydrogens (tertiary/aromatic N) is 1. The molecule has 5 heteroatoms. The van der Waals surface area contributed by atoms with Crippen molar-refractivity contribution in [3.05, 3.63) is 65.5 Å². The quantitative estimate of drug-likeness (QED) is 0.893. The van der Waals surface area contributed by atoms with Crippen LogP contribution in [0.25, 0.3) is 0 Å². The van der Waals surface area contributed by atoms with Crippen LogP contribution in [0.1, 0.15) is 38.3 Å². The van der Waals surface area contributed by atoms with E-state index in [1.807, 2.05) is 24.3 Å². The molecule has 0 aromatic heterocycles. The average molecular weight is 368 g/mol. The van der Waals surface area contributed by atoms with E-state index in [0.29, 0.717) is 12.1 Å². The Morgan fingerprint density at radius 3 is 2.52 bits per heavy atom. The van der Waals surface area contributed by atoms with E-state index in [9.17, 15) is 14.0 Å². The number of carbonyl (C=O) groups is 2. The molecule has 142 valence electrons. The number of hydrogen-bond acceptors (Lipinski definition) is 2. The van der Waals surface area contributed by atoms with E-state index in [-0.39, 0.29) is 36.0 Å².